The minimum atomic E-state index is -3.54. The van der Waals surface area contributed by atoms with Gasteiger partial charge in [0.25, 0.3) is 0 Å². The van der Waals surface area contributed by atoms with Crippen LogP contribution in [0.1, 0.15) is 69.0 Å². The molecule has 2 aliphatic heterocycles. The van der Waals surface area contributed by atoms with Crippen molar-refractivity contribution >= 4 is 27.3 Å². The van der Waals surface area contributed by atoms with Gasteiger partial charge in [-0.25, -0.2) is 8.42 Å². The highest BCUT2D eigenvalue weighted by molar-refractivity contribution is 7.89. The molecule has 0 aliphatic carbocycles. The van der Waals surface area contributed by atoms with Crippen LogP contribution in [0.5, 0.6) is 0 Å². The SMILES string of the molecule is CCC1c2ccsc2CCN1C(=O)C1CCN(S(=O)(=O)c2ccc(C(C)(C)C)cc2)CC1. The van der Waals surface area contributed by atoms with Crippen molar-refractivity contribution < 1.29 is 13.2 Å². The van der Waals surface area contributed by atoms with E-state index in [0.29, 0.717) is 30.8 Å². The van der Waals surface area contributed by atoms with Gasteiger partial charge in [-0.1, -0.05) is 39.8 Å². The summed E-state index contributed by atoms with van der Waals surface area (Å²) in [6, 6.07) is 9.55. The van der Waals surface area contributed by atoms with Crippen LogP contribution < -0.4 is 0 Å². The molecule has 7 heteroatoms. The molecule has 4 rings (SSSR count). The first-order chi connectivity index (χ1) is 15.1. The minimum Gasteiger partial charge on any atom is -0.335 e. The van der Waals surface area contributed by atoms with E-state index in [4.69, 9.17) is 0 Å². The summed E-state index contributed by atoms with van der Waals surface area (Å²) in [4.78, 5) is 17.2. The second-order valence-corrected chi connectivity index (χ2v) is 12.9. The van der Waals surface area contributed by atoms with Gasteiger partial charge in [0.15, 0.2) is 0 Å². The summed E-state index contributed by atoms with van der Waals surface area (Å²) in [7, 11) is -3.54. The van der Waals surface area contributed by atoms with Gasteiger partial charge in [-0.15, -0.1) is 11.3 Å². The first-order valence-electron chi connectivity index (χ1n) is 11.6. The zero-order valence-electron chi connectivity index (χ0n) is 19.5. The number of carbonyl (C=O) groups is 1. The number of nitrogens with zero attached hydrogens (tertiary/aromatic N) is 2. The molecular weight excluding hydrogens is 440 g/mol. The molecule has 1 amide bonds. The van der Waals surface area contributed by atoms with Crippen molar-refractivity contribution in [1.29, 1.82) is 0 Å². The molecule has 5 nitrogen and oxygen atoms in total. The Morgan fingerprint density at radius 3 is 2.31 bits per heavy atom. The molecule has 1 atom stereocenters. The van der Waals surface area contributed by atoms with Gasteiger partial charge in [0.05, 0.1) is 10.9 Å². The number of piperidine rings is 1. The van der Waals surface area contributed by atoms with Crippen molar-refractivity contribution in [3.05, 3.63) is 51.7 Å². The third-order valence-corrected chi connectivity index (χ3v) is 9.84. The second-order valence-electron chi connectivity index (χ2n) is 9.96. The van der Waals surface area contributed by atoms with Gasteiger partial charge in [-0.3, -0.25) is 4.79 Å². The molecule has 0 bridgehead atoms. The maximum Gasteiger partial charge on any atom is 0.243 e. The normalized spacial score (nSPS) is 20.9. The van der Waals surface area contributed by atoms with Crippen LogP contribution in [0.4, 0.5) is 0 Å². The number of hydrogen-bond donors (Lipinski definition) is 0. The topological polar surface area (TPSA) is 57.7 Å². The van der Waals surface area contributed by atoms with Crippen LogP contribution in [0.2, 0.25) is 0 Å². The zero-order chi connectivity index (χ0) is 23.1. The lowest BCUT2D eigenvalue weighted by Gasteiger charge is -2.39. The van der Waals surface area contributed by atoms with E-state index in [2.05, 4.69) is 44.0 Å². The highest BCUT2D eigenvalue weighted by Crippen LogP contribution is 2.37. The molecule has 0 N–H and O–H groups in total. The Balaban J connectivity index is 1.42. The Bertz CT molecular complexity index is 1060. The van der Waals surface area contributed by atoms with E-state index in [1.807, 2.05) is 12.1 Å². The highest BCUT2D eigenvalue weighted by Gasteiger charge is 2.37. The molecule has 2 aliphatic rings. The number of rotatable bonds is 4. The number of amides is 1. The predicted octanol–water partition coefficient (Wildman–Crippen LogP) is 4.98. The van der Waals surface area contributed by atoms with Gasteiger partial charge in [0.2, 0.25) is 15.9 Å². The number of carbonyl (C=O) groups excluding carboxylic acids is 1. The molecular formula is C25H34N2O3S2. The minimum absolute atomic E-state index is 0.0183. The third-order valence-electron chi connectivity index (χ3n) is 6.93. The molecule has 0 radical (unpaired) electrons. The van der Waals surface area contributed by atoms with Crippen LogP contribution >= 0.6 is 11.3 Å². The molecule has 2 aromatic rings. The maximum absolute atomic E-state index is 13.4. The van der Waals surface area contributed by atoms with Crippen LogP contribution in [0.15, 0.2) is 40.6 Å². The summed E-state index contributed by atoms with van der Waals surface area (Å²) in [6.07, 6.45) is 3.00. The molecule has 0 saturated carbocycles. The number of benzene rings is 1. The third kappa shape index (κ3) is 4.39. The van der Waals surface area contributed by atoms with Crippen molar-refractivity contribution in [2.45, 2.75) is 69.7 Å². The summed E-state index contributed by atoms with van der Waals surface area (Å²) in [6.45, 7) is 10.0. The van der Waals surface area contributed by atoms with E-state index >= 15 is 0 Å². The van der Waals surface area contributed by atoms with Gasteiger partial charge in [-0.2, -0.15) is 4.31 Å². The standard InChI is InChI=1S/C25H34N2O3S2/c1-5-22-21-13-17-31-23(21)12-16-27(22)24(28)18-10-14-26(15-11-18)32(29,30)20-8-6-19(7-9-20)25(2,3)4/h6-9,13,17-18,22H,5,10-12,14-16H2,1-4H3. The molecule has 1 fully saturated rings. The number of sulfonamides is 1. The smallest absolute Gasteiger partial charge is 0.243 e. The number of hydrogen-bond acceptors (Lipinski definition) is 4. The Morgan fingerprint density at radius 1 is 1.06 bits per heavy atom. The molecule has 0 spiro atoms. The van der Waals surface area contributed by atoms with Gasteiger partial charge >= 0.3 is 0 Å². The van der Waals surface area contributed by atoms with Crippen LogP contribution in [0.25, 0.3) is 0 Å². The lowest BCUT2D eigenvalue weighted by atomic mass is 9.87. The summed E-state index contributed by atoms with van der Waals surface area (Å²) in [5, 5.41) is 2.12. The predicted molar refractivity (Wildman–Crippen MR) is 129 cm³/mol. The Kier molecular flexibility index (Phi) is 6.54. The van der Waals surface area contributed by atoms with Crippen LogP contribution in [0.3, 0.4) is 0 Å². The quantitative estimate of drug-likeness (QED) is 0.628. The van der Waals surface area contributed by atoms with E-state index in [0.717, 1.165) is 24.9 Å². The largest absolute Gasteiger partial charge is 0.335 e. The van der Waals surface area contributed by atoms with E-state index < -0.39 is 10.0 Å². The van der Waals surface area contributed by atoms with Crippen molar-refractivity contribution in [2.75, 3.05) is 19.6 Å². The van der Waals surface area contributed by atoms with Crippen LogP contribution in [-0.2, 0) is 26.7 Å². The average Bonchev–Trinajstić information content (AvgIpc) is 3.26. The van der Waals surface area contributed by atoms with Gasteiger partial charge in [0, 0.05) is 30.4 Å². The monoisotopic (exact) mass is 474 g/mol. The van der Waals surface area contributed by atoms with Gasteiger partial charge < -0.3 is 4.90 Å². The summed E-state index contributed by atoms with van der Waals surface area (Å²) in [5.41, 5.74) is 2.40. The van der Waals surface area contributed by atoms with Gasteiger partial charge in [0.1, 0.15) is 0 Å². The van der Waals surface area contributed by atoms with Crippen molar-refractivity contribution in [1.82, 2.24) is 9.21 Å². The molecule has 1 saturated heterocycles. The number of fused-ring (bicyclic) bond motifs is 1. The average molecular weight is 475 g/mol. The Hall–Kier alpha value is -1.70. The van der Waals surface area contributed by atoms with E-state index in [1.54, 1.807) is 27.8 Å². The molecule has 1 unspecified atom stereocenters. The fraction of sp³-hybridized carbons (Fsp3) is 0.560. The zero-order valence-corrected chi connectivity index (χ0v) is 21.1. The Labute approximate surface area is 196 Å². The van der Waals surface area contributed by atoms with Gasteiger partial charge in [-0.05, 0) is 65.8 Å². The fourth-order valence-corrected chi connectivity index (χ4v) is 7.35. The maximum atomic E-state index is 13.4. The first kappa shape index (κ1) is 23.5. The lowest BCUT2D eigenvalue weighted by molar-refractivity contribution is -0.139. The summed E-state index contributed by atoms with van der Waals surface area (Å²) >= 11 is 1.79. The highest BCUT2D eigenvalue weighted by atomic mass is 32.2. The second kappa shape index (κ2) is 8.92. The van der Waals surface area contributed by atoms with Crippen molar-refractivity contribution in [2.24, 2.45) is 5.92 Å². The summed E-state index contributed by atoms with van der Waals surface area (Å²) < 4.78 is 27.9. The Morgan fingerprint density at radius 2 is 1.72 bits per heavy atom. The molecule has 1 aromatic heterocycles. The number of thiophene rings is 1. The molecule has 3 heterocycles. The fourth-order valence-electron chi connectivity index (χ4n) is 4.95. The molecule has 174 valence electrons. The van der Waals surface area contributed by atoms with Crippen LogP contribution in [-0.4, -0.2) is 43.2 Å². The van der Waals surface area contributed by atoms with Crippen molar-refractivity contribution in [3.63, 3.8) is 0 Å². The van der Waals surface area contributed by atoms with E-state index in [1.165, 1.54) is 10.4 Å². The lowest BCUT2D eigenvalue weighted by Crippen LogP contribution is -2.47. The van der Waals surface area contributed by atoms with E-state index in [9.17, 15) is 13.2 Å². The molecule has 32 heavy (non-hydrogen) atoms. The van der Waals surface area contributed by atoms with Crippen molar-refractivity contribution in [3.8, 4) is 0 Å². The molecule has 1 aromatic carbocycles. The summed E-state index contributed by atoms with van der Waals surface area (Å²) in [5.74, 6) is 0.0965. The van der Waals surface area contributed by atoms with E-state index in [-0.39, 0.29) is 23.3 Å². The first-order valence-corrected chi connectivity index (χ1v) is 13.9. The van der Waals surface area contributed by atoms with Crippen LogP contribution in [0, 0.1) is 5.92 Å².